The molecule has 0 aromatic heterocycles. The van der Waals surface area contributed by atoms with Gasteiger partial charge in [0.15, 0.2) is 24.4 Å². The highest BCUT2D eigenvalue weighted by molar-refractivity contribution is 5.85. The third-order valence-corrected chi connectivity index (χ3v) is 2.57. The van der Waals surface area contributed by atoms with Crippen molar-refractivity contribution in [1.29, 1.82) is 0 Å². The largest absolute Gasteiger partial charge is 0.479 e. The summed E-state index contributed by atoms with van der Waals surface area (Å²) in [5.41, 5.74) is 0. The fourth-order valence-corrected chi connectivity index (χ4v) is 1.25. The molecule has 10 heteroatoms. The van der Waals surface area contributed by atoms with E-state index in [2.05, 4.69) is 9.47 Å². The lowest BCUT2D eigenvalue weighted by atomic mass is 10.3. The van der Waals surface area contributed by atoms with E-state index in [0.717, 1.165) is 13.8 Å². The van der Waals surface area contributed by atoms with Gasteiger partial charge in [0, 0.05) is 6.92 Å². The number of carboxylic acids is 1. The van der Waals surface area contributed by atoms with Crippen LogP contribution in [0.1, 0.15) is 34.6 Å². The van der Waals surface area contributed by atoms with Gasteiger partial charge in [-0.2, -0.15) is 0 Å². The Labute approximate surface area is 138 Å². The van der Waals surface area contributed by atoms with Gasteiger partial charge in [0.1, 0.15) is 0 Å². The molecule has 0 fully saturated rings. The summed E-state index contributed by atoms with van der Waals surface area (Å²) in [5, 5.41) is 8.62. The van der Waals surface area contributed by atoms with Crippen molar-refractivity contribution in [3.8, 4) is 0 Å². The van der Waals surface area contributed by atoms with E-state index in [4.69, 9.17) is 14.6 Å². The predicted octanol–water partition coefficient (Wildman–Crippen LogP) is -0.182. The molecule has 0 heterocycles. The maximum absolute atomic E-state index is 11.7. The van der Waals surface area contributed by atoms with Crippen LogP contribution in [0.3, 0.4) is 0 Å². The second-order valence-corrected chi connectivity index (χ2v) is 4.83. The smallest absolute Gasteiger partial charge is 0.347 e. The second kappa shape index (κ2) is 9.48. The molecule has 136 valence electrons. The van der Waals surface area contributed by atoms with Gasteiger partial charge in [-0.05, 0) is 27.7 Å². The molecule has 0 aromatic rings. The van der Waals surface area contributed by atoms with Crippen molar-refractivity contribution in [2.24, 2.45) is 0 Å². The molecule has 0 bridgehead atoms. The fraction of sp³-hybridized carbons (Fsp3) is 0.643. The van der Waals surface area contributed by atoms with E-state index in [1.807, 2.05) is 0 Å². The summed E-state index contributed by atoms with van der Waals surface area (Å²) in [6, 6.07) is 0. The van der Waals surface area contributed by atoms with E-state index < -0.39 is 54.3 Å². The van der Waals surface area contributed by atoms with Crippen LogP contribution in [0.4, 0.5) is 0 Å². The molecule has 0 aliphatic heterocycles. The highest BCUT2D eigenvalue weighted by atomic mass is 16.6. The molecule has 0 aromatic carbocycles. The Morgan fingerprint density at radius 3 is 1.21 bits per heavy atom. The van der Waals surface area contributed by atoms with Crippen LogP contribution in [0.5, 0.6) is 0 Å². The topological polar surface area (TPSA) is 143 Å². The Balaban J connectivity index is 4.48. The van der Waals surface area contributed by atoms with Crippen LogP contribution in [0, 0.1) is 0 Å². The molecule has 0 saturated carbocycles. The molecule has 0 aliphatic carbocycles. The highest BCUT2D eigenvalue weighted by Gasteiger charge is 2.29. The normalized spacial score (nSPS) is 15.2. The number of carboxylic acid groups (broad SMARTS) is 1. The molecule has 0 amide bonds. The molecule has 0 spiro atoms. The summed E-state index contributed by atoms with van der Waals surface area (Å²) in [7, 11) is 0. The molecule has 4 atom stereocenters. The standard InChI is InChI=1S/C14H20O10/c1-6(11(16)17)22-13(19)8(3)24-14(20)9(4)23-12(18)7(2)21-10(5)15/h6-9H,1-5H3,(H,16,17)/t6-,7-,8-,9?/m0/s1. The van der Waals surface area contributed by atoms with Crippen molar-refractivity contribution in [3.63, 3.8) is 0 Å². The van der Waals surface area contributed by atoms with Crippen LogP contribution in [-0.2, 0) is 42.9 Å². The minimum Gasteiger partial charge on any atom is -0.479 e. The van der Waals surface area contributed by atoms with E-state index >= 15 is 0 Å². The molecule has 24 heavy (non-hydrogen) atoms. The lowest BCUT2D eigenvalue weighted by Gasteiger charge is -2.18. The zero-order chi connectivity index (χ0) is 19.0. The average Bonchev–Trinajstić information content (AvgIpc) is 2.45. The molecule has 10 nitrogen and oxygen atoms in total. The maximum Gasteiger partial charge on any atom is 0.347 e. The summed E-state index contributed by atoms with van der Waals surface area (Å²) in [4.78, 5) is 56.1. The maximum atomic E-state index is 11.7. The number of aliphatic carboxylic acids is 1. The molecular weight excluding hydrogens is 328 g/mol. The van der Waals surface area contributed by atoms with Crippen molar-refractivity contribution < 1.29 is 48.0 Å². The molecule has 0 radical (unpaired) electrons. The van der Waals surface area contributed by atoms with Crippen LogP contribution >= 0.6 is 0 Å². The predicted molar refractivity (Wildman–Crippen MR) is 75.5 cm³/mol. The van der Waals surface area contributed by atoms with Crippen LogP contribution in [-0.4, -0.2) is 59.4 Å². The van der Waals surface area contributed by atoms with Crippen LogP contribution in [0.25, 0.3) is 0 Å². The second-order valence-electron chi connectivity index (χ2n) is 4.83. The summed E-state index contributed by atoms with van der Waals surface area (Å²) >= 11 is 0. The average molecular weight is 348 g/mol. The quantitative estimate of drug-likeness (QED) is 0.463. The van der Waals surface area contributed by atoms with Crippen molar-refractivity contribution in [2.75, 3.05) is 0 Å². The van der Waals surface area contributed by atoms with Gasteiger partial charge < -0.3 is 24.1 Å². The summed E-state index contributed by atoms with van der Waals surface area (Å²) < 4.78 is 18.6. The zero-order valence-corrected chi connectivity index (χ0v) is 13.9. The third kappa shape index (κ3) is 7.56. The monoisotopic (exact) mass is 348 g/mol. The number of carbonyl (C=O) groups is 5. The molecule has 1 N–H and O–H groups in total. The first-order chi connectivity index (χ1) is 11.0. The van der Waals surface area contributed by atoms with Gasteiger partial charge in [0.2, 0.25) is 0 Å². The van der Waals surface area contributed by atoms with Gasteiger partial charge in [-0.15, -0.1) is 0 Å². The van der Waals surface area contributed by atoms with Crippen LogP contribution in [0.2, 0.25) is 0 Å². The molecule has 0 rings (SSSR count). The SMILES string of the molecule is CC(=O)O[C@@H](C)C(=O)OC(C)C(=O)O[C@@H](C)C(=O)O[C@@H](C)C(=O)O. The molecule has 0 saturated heterocycles. The lowest BCUT2D eigenvalue weighted by Crippen LogP contribution is -2.37. The van der Waals surface area contributed by atoms with Gasteiger partial charge in [-0.3, -0.25) is 4.79 Å². The van der Waals surface area contributed by atoms with Crippen LogP contribution < -0.4 is 0 Å². The number of carbonyl (C=O) groups excluding carboxylic acids is 4. The Morgan fingerprint density at radius 2 is 0.917 bits per heavy atom. The molecule has 0 aliphatic rings. The van der Waals surface area contributed by atoms with Crippen molar-refractivity contribution in [1.82, 2.24) is 0 Å². The van der Waals surface area contributed by atoms with Gasteiger partial charge in [-0.25, -0.2) is 19.2 Å². The Bertz CT molecular complexity index is 512. The number of hydrogen-bond acceptors (Lipinski definition) is 9. The van der Waals surface area contributed by atoms with E-state index in [1.54, 1.807) is 0 Å². The Kier molecular flexibility index (Phi) is 8.43. The summed E-state index contributed by atoms with van der Waals surface area (Å²) in [5.74, 6) is -5.14. The van der Waals surface area contributed by atoms with Crippen molar-refractivity contribution in [3.05, 3.63) is 0 Å². The van der Waals surface area contributed by atoms with E-state index in [9.17, 15) is 24.0 Å². The minimum absolute atomic E-state index is 0.696. The van der Waals surface area contributed by atoms with E-state index in [-0.39, 0.29) is 0 Å². The van der Waals surface area contributed by atoms with Crippen LogP contribution in [0.15, 0.2) is 0 Å². The first-order valence-electron chi connectivity index (χ1n) is 6.97. The minimum atomic E-state index is -1.40. The van der Waals surface area contributed by atoms with Gasteiger partial charge >= 0.3 is 29.8 Å². The van der Waals surface area contributed by atoms with Crippen molar-refractivity contribution >= 4 is 29.8 Å². The number of ether oxygens (including phenoxy) is 4. The molecule has 1 unspecified atom stereocenters. The number of rotatable bonds is 8. The third-order valence-electron chi connectivity index (χ3n) is 2.57. The zero-order valence-electron chi connectivity index (χ0n) is 13.9. The van der Waals surface area contributed by atoms with E-state index in [1.165, 1.54) is 20.8 Å². The molecular formula is C14H20O10. The Hall–Kier alpha value is -2.65. The lowest BCUT2D eigenvalue weighted by molar-refractivity contribution is -0.184. The summed E-state index contributed by atoms with van der Waals surface area (Å²) in [6.07, 6.45) is -5.39. The van der Waals surface area contributed by atoms with Gasteiger partial charge in [-0.1, -0.05) is 0 Å². The van der Waals surface area contributed by atoms with Gasteiger partial charge in [0.05, 0.1) is 0 Å². The van der Waals surface area contributed by atoms with E-state index in [0.29, 0.717) is 0 Å². The summed E-state index contributed by atoms with van der Waals surface area (Å²) in [6.45, 7) is 5.86. The Morgan fingerprint density at radius 1 is 0.625 bits per heavy atom. The first-order valence-corrected chi connectivity index (χ1v) is 6.97. The number of hydrogen-bond donors (Lipinski definition) is 1. The number of esters is 4. The van der Waals surface area contributed by atoms with Crippen molar-refractivity contribution in [2.45, 2.75) is 59.0 Å². The fourth-order valence-electron chi connectivity index (χ4n) is 1.25. The first kappa shape index (κ1) is 21.4. The highest BCUT2D eigenvalue weighted by Crippen LogP contribution is 2.05. The van der Waals surface area contributed by atoms with Gasteiger partial charge in [0.25, 0.3) is 0 Å².